The van der Waals surface area contributed by atoms with Gasteiger partial charge >= 0.3 is 0 Å². The first-order chi connectivity index (χ1) is 6.57. The molecule has 1 rings (SSSR count). The van der Waals surface area contributed by atoms with Crippen molar-refractivity contribution in [2.24, 2.45) is 0 Å². The average Bonchev–Trinajstić information content (AvgIpc) is 2.14. The van der Waals surface area contributed by atoms with Crippen LogP contribution in [0.15, 0.2) is 6.07 Å². The summed E-state index contributed by atoms with van der Waals surface area (Å²) < 4.78 is 0. The molecule has 0 unspecified atom stereocenters. The Kier molecular flexibility index (Phi) is 3.36. The summed E-state index contributed by atoms with van der Waals surface area (Å²) in [5.41, 5.74) is 6.84. The van der Waals surface area contributed by atoms with Gasteiger partial charge in [0.25, 0.3) is 0 Å². The van der Waals surface area contributed by atoms with E-state index in [1.165, 1.54) is 27.8 Å². The van der Waals surface area contributed by atoms with Gasteiger partial charge in [0.1, 0.15) is 0 Å². The van der Waals surface area contributed by atoms with Gasteiger partial charge in [0.05, 0.1) is 0 Å². The fraction of sp³-hybridized carbons (Fsp3) is 0.357. The van der Waals surface area contributed by atoms with Crippen molar-refractivity contribution in [2.75, 3.05) is 0 Å². The van der Waals surface area contributed by atoms with Crippen molar-refractivity contribution < 1.29 is 0 Å². The number of aryl methyl sites for hydroxylation is 2. The molecule has 0 heterocycles. The molecule has 0 bridgehead atoms. The molecule has 0 atom stereocenters. The lowest BCUT2D eigenvalue weighted by Crippen LogP contribution is -1.97. The zero-order valence-corrected chi connectivity index (χ0v) is 9.49. The highest BCUT2D eigenvalue weighted by Gasteiger charge is 2.06. The van der Waals surface area contributed by atoms with Crippen molar-refractivity contribution in [2.45, 2.75) is 34.1 Å². The molecule has 0 aliphatic carbocycles. The molecule has 0 N–H and O–H groups in total. The van der Waals surface area contributed by atoms with Gasteiger partial charge in [0, 0.05) is 13.3 Å². The molecule has 1 aromatic rings. The Morgan fingerprint density at radius 2 is 1.71 bits per heavy atom. The minimum Gasteiger partial charge on any atom is -0.102 e. The molecule has 0 aliphatic rings. The maximum absolute atomic E-state index is 3.54. The fourth-order valence-corrected chi connectivity index (χ4v) is 1.76. The van der Waals surface area contributed by atoms with Crippen LogP contribution in [0.4, 0.5) is 0 Å². The van der Waals surface area contributed by atoms with E-state index in [9.17, 15) is 0 Å². The second kappa shape index (κ2) is 4.33. The molecule has 0 heteroatoms. The molecular formula is C14H17. The van der Waals surface area contributed by atoms with Crippen LogP contribution < -0.4 is 0 Å². The van der Waals surface area contributed by atoms with E-state index in [0.29, 0.717) is 0 Å². The molecular weight excluding hydrogens is 168 g/mol. The molecule has 0 amide bonds. The van der Waals surface area contributed by atoms with Gasteiger partial charge in [-0.3, -0.25) is 0 Å². The molecule has 0 fully saturated rings. The standard InChI is InChI=1S/C14H17/c1-6-7-8-14-11(3)9-10(2)12(4)13(14)5/h9H,1,8H2,2-5H3. The van der Waals surface area contributed by atoms with Gasteiger partial charge in [-0.25, -0.2) is 0 Å². The summed E-state index contributed by atoms with van der Waals surface area (Å²) in [6.45, 7) is 12.2. The van der Waals surface area contributed by atoms with Crippen LogP contribution in [0.1, 0.15) is 27.8 Å². The smallest absolute Gasteiger partial charge is 0.0345 e. The summed E-state index contributed by atoms with van der Waals surface area (Å²) >= 11 is 0. The minimum atomic E-state index is 0.822. The molecule has 0 nitrogen and oxygen atoms in total. The monoisotopic (exact) mass is 185 g/mol. The number of rotatable bonds is 1. The quantitative estimate of drug-likeness (QED) is 0.589. The third-order valence-corrected chi connectivity index (χ3v) is 2.91. The van der Waals surface area contributed by atoms with Crippen molar-refractivity contribution in [3.8, 4) is 11.8 Å². The molecule has 14 heavy (non-hydrogen) atoms. The van der Waals surface area contributed by atoms with E-state index in [1.54, 1.807) is 0 Å². The third-order valence-electron chi connectivity index (χ3n) is 2.91. The second-order valence-electron chi connectivity index (χ2n) is 3.77. The molecule has 0 saturated carbocycles. The molecule has 0 spiro atoms. The molecule has 0 saturated heterocycles. The number of benzene rings is 1. The Balaban J connectivity index is 3.26. The van der Waals surface area contributed by atoms with Gasteiger partial charge in [-0.05, 0) is 55.5 Å². The summed E-state index contributed by atoms with van der Waals surface area (Å²) in [5.74, 6) is 5.74. The molecule has 1 aromatic carbocycles. The van der Waals surface area contributed by atoms with E-state index in [2.05, 4.69) is 52.5 Å². The van der Waals surface area contributed by atoms with E-state index in [4.69, 9.17) is 0 Å². The predicted octanol–water partition coefficient (Wildman–Crippen LogP) is 3.30. The first kappa shape index (κ1) is 10.9. The van der Waals surface area contributed by atoms with Crippen molar-refractivity contribution >= 4 is 0 Å². The van der Waals surface area contributed by atoms with E-state index < -0.39 is 0 Å². The zero-order valence-electron chi connectivity index (χ0n) is 9.49. The van der Waals surface area contributed by atoms with E-state index in [-0.39, 0.29) is 0 Å². The van der Waals surface area contributed by atoms with E-state index in [0.717, 1.165) is 6.42 Å². The van der Waals surface area contributed by atoms with Crippen molar-refractivity contribution in [1.29, 1.82) is 0 Å². The second-order valence-corrected chi connectivity index (χ2v) is 3.77. The summed E-state index contributed by atoms with van der Waals surface area (Å²) in [4.78, 5) is 0. The molecule has 0 aliphatic heterocycles. The summed E-state index contributed by atoms with van der Waals surface area (Å²) in [5, 5.41) is 0. The summed E-state index contributed by atoms with van der Waals surface area (Å²) in [6, 6.07) is 2.24. The lowest BCUT2D eigenvalue weighted by molar-refractivity contribution is 1.13. The zero-order chi connectivity index (χ0) is 10.7. The van der Waals surface area contributed by atoms with Crippen LogP contribution in [0.2, 0.25) is 0 Å². The lowest BCUT2D eigenvalue weighted by Gasteiger charge is -2.12. The van der Waals surface area contributed by atoms with Crippen LogP contribution in [0, 0.1) is 46.5 Å². The van der Waals surface area contributed by atoms with Gasteiger partial charge in [-0.15, -0.1) is 5.92 Å². The topological polar surface area (TPSA) is 0 Å². The minimum absolute atomic E-state index is 0.822. The fourth-order valence-electron chi connectivity index (χ4n) is 1.76. The summed E-state index contributed by atoms with van der Waals surface area (Å²) in [6.07, 6.45) is 0.822. The Morgan fingerprint density at radius 3 is 2.29 bits per heavy atom. The highest BCUT2D eigenvalue weighted by Crippen LogP contribution is 2.21. The Morgan fingerprint density at radius 1 is 1.07 bits per heavy atom. The number of hydrogen-bond donors (Lipinski definition) is 0. The Bertz CT molecular complexity index is 400. The molecule has 1 radical (unpaired) electrons. The third kappa shape index (κ3) is 1.99. The van der Waals surface area contributed by atoms with Gasteiger partial charge in [0.2, 0.25) is 0 Å². The van der Waals surface area contributed by atoms with E-state index >= 15 is 0 Å². The average molecular weight is 185 g/mol. The summed E-state index contributed by atoms with van der Waals surface area (Å²) in [7, 11) is 0. The van der Waals surface area contributed by atoms with Crippen LogP contribution in [-0.4, -0.2) is 0 Å². The van der Waals surface area contributed by atoms with Crippen molar-refractivity contribution in [3.05, 3.63) is 40.8 Å². The van der Waals surface area contributed by atoms with Crippen LogP contribution in [-0.2, 0) is 6.42 Å². The van der Waals surface area contributed by atoms with Gasteiger partial charge in [-0.1, -0.05) is 12.0 Å². The maximum Gasteiger partial charge on any atom is 0.0345 e. The first-order valence-corrected chi connectivity index (χ1v) is 4.89. The van der Waals surface area contributed by atoms with Crippen LogP contribution >= 0.6 is 0 Å². The van der Waals surface area contributed by atoms with E-state index in [1.807, 2.05) is 0 Å². The predicted molar refractivity (Wildman–Crippen MR) is 62.2 cm³/mol. The van der Waals surface area contributed by atoms with Gasteiger partial charge < -0.3 is 0 Å². The van der Waals surface area contributed by atoms with Crippen LogP contribution in [0.25, 0.3) is 0 Å². The highest BCUT2D eigenvalue weighted by atomic mass is 14.1. The maximum atomic E-state index is 3.54. The SMILES string of the molecule is [CH2]C#CCc1c(C)cc(C)c(C)c1C. The van der Waals surface area contributed by atoms with Gasteiger partial charge in [-0.2, -0.15) is 0 Å². The van der Waals surface area contributed by atoms with Gasteiger partial charge in [0.15, 0.2) is 0 Å². The number of hydrogen-bond acceptors (Lipinski definition) is 0. The first-order valence-electron chi connectivity index (χ1n) is 4.89. The molecule has 73 valence electrons. The van der Waals surface area contributed by atoms with Crippen molar-refractivity contribution in [1.82, 2.24) is 0 Å². The van der Waals surface area contributed by atoms with Crippen LogP contribution in [0.3, 0.4) is 0 Å². The Hall–Kier alpha value is -1.22. The Labute approximate surface area is 87.4 Å². The van der Waals surface area contributed by atoms with Crippen molar-refractivity contribution in [3.63, 3.8) is 0 Å². The van der Waals surface area contributed by atoms with Crippen LogP contribution in [0.5, 0.6) is 0 Å². The largest absolute Gasteiger partial charge is 0.102 e. The molecule has 0 aromatic heterocycles. The normalized spacial score (nSPS) is 9.50. The lowest BCUT2D eigenvalue weighted by atomic mass is 9.93. The highest BCUT2D eigenvalue weighted by molar-refractivity contribution is 5.45.